The van der Waals surface area contributed by atoms with Crippen LogP contribution in [0.15, 0.2) is 36.4 Å². The van der Waals surface area contributed by atoms with E-state index in [1.807, 2.05) is 24.3 Å². The van der Waals surface area contributed by atoms with Crippen LogP contribution in [0, 0.1) is 0 Å². The van der Waals surface area contributed by atoms with Gasteiger partial charge in [0.1, 0.15) is 12.4 Å². The Hall–Kier alpha value is -1.32. The summed E-state index contributed by atoms with van der Waals surface area (Å²) < 4.78 is 5.74. The standard InChI is InChI=1S/C15H18O2S/c1-3-14-7-8-15(18-14)10-17-13-6-4-5-12(9-13)11(2)16/h4-9,11,16H,3,10H2,1-2H3/t11-/m1/s1. The summed E-state index contributed by atoms with van der Waals surface area (Å²) in [5.41, 5.74) is 0.882. The van der Waals surface area contributed by atoms with Crippen molar-refractivity contribution in [1.82, 2.24) is 0 Å². The Labute approximate surface area is 112 Å². The Kier molecular flexibility index (Phi) is 4.39. The van der Waals surface area contributed by atoms with Crippen molar-refractivity contribution in [3.05, 3.63) is 51.7 Å². The van der Waals surface area contributed by atoms with Crippen LogP contribution >= 0.6 is 11.3 Å². The molecule has 0 aliphatic carbocycles. The van der Waals surface area contributed by atoms with Crippen LogP contribution in [-0.4, -0.2) is 5.11 Å². The summed E-state index contributed by atoms with van der Waals surface area (Å²) in [5.74, 6) is 0.805. The van der Waals surface area contributed by atoms with Gasteiger partial charge in [-0.25, -0.2) is 0 Å². The third-order valence-corrected chi connectivity index (χ3v) is 3.99. The first kappa shape index (κ1) is 13.1. The zero-order valence-electron chi connectivity index (χ0n) is 10.7. The molecule has 0 aliphatic rings. The molecule has 0 radical (unpaired) electrons. The van der Waals surface area contributed by atoms with Crippen molar-refractivity contribution in [3.8, 4) is 5.75 Å². The van der Waals surface area contributed by atoms with E-state index in [1.54, 1.807) is 18.3 Å². The molecule has 18 heavy (non-hydrogen) atoms. The summed E-state index contributed by atoms with van der Waals surface area (Å²) in [6, 6.07) is 11.9. The van der Waals surface area contributed by atoms with Gasteiger partial charge in [-0.1, -0.05) is 19.1 Å². The van der Waals surface area contributed by atoms with Gasteiger partial charge >= 0.3 is 0 Å². The lowest BCUT2D eigenvalue weighted by Gasteiger charge is -2.08. The highest BCUT2D eigenvalue weighted by atomic mass is 32.1. The predicted molar refractivity (Wildman–Crippen MR) is 75.1 cm³/mol. The smallest absolute Gasteiger partial charge is 0.122 e. The Morgan fingerprint density at radius 2 is 2.00 bits per heavy atom. The van der Waals surface area contributed by atoms with Gasteiger partial charge in [0.15, 0.2) is 0 Å². The molecule has 1 aromatic carbocycles. The van der Waals surface area contributed by atoms with Gasteiger partial charge in [0.05, 0.1) is 6.10 Å². The van der Waals surface area contributed by atoms with Crippen molar-refractivity contribution < 1.29 is 9.84 Å². The minimum atomic E-state index is -0.456. The van der Waals surface area contributed by atoms with Gasteiger partial charge in [-0.3, -0.25) is 0 Å². The van der Waals surface area contributed by atoms with Crippen molar-refractivity contribution >= 4 is 11.3 Å². The van der Waals surface area contributed by atoms with E-state index in [4.69, 9.17) is 4.74 Å². The Morgan fingerprint density at radius 3 is 2.67 bits per heavy atom. The molecule has 0 amide bonds. The number of rotatable bonds is 5. The van der Waals surface area contributed by atoms with Crippen molar-refractivity contribution in [2.75, 3.05) is 0 Å². The number of aliphatic hydroxyl groups excluding tert-OH is 1. The number of ether oxygens (including phenoxy) is 1. The van der Waals surface area contributed by atoms with E-state index in [0.29, 0.717) is 6.61 Å². The molecule has 0 unspecified atom stereocenters. The Bertz CT molecular complexity index is 503. The second kappa shape index (κ2) is 6.03. The van der Waals surface area contributed by atoms with Crippen LogP contribution in [0.1, 0.15) is 35.3 Å². The molecule has 2 nitrogen and oxygen atoms in total. The lowest BCUT2D eigenvalue weighted by molar-refractivity contribution is 0.198. The van der Waals surface area contributed by atoms with E-state index in [9.17, 15) is 5.11 Å². The second-order valence-electron chi connectivity index (χ2n) is 4.26. The molecule has 0 saturated carbocycles. The molecule has 1 N–H and O–H groups in total. The van der Waals surface area contributed by atoms with Gasteiger partial charge in [-0.15, -0.1) is 11.3 Å². The number of hydrogen-bond donors (Lipinski definition) is 1. The molecule has 3 heteroatoms. The minimum Gasteiger partial charge on any atom is -0.488 e. The largest absolute Gasteiger partial charge is 0.488 e. The summed E-state index contributed by atoms with van der Waals surface area (Å²) >= 11 is 1.79. The highest BCUT2D eigenvalue weighted by Crippen LogP contribution is 2.22. The van der Waals surface area contributed by atoms with Crippen LogP contribution in [0.25, 0.3) is 0 Å². The van der Waals surface area contributed by atoms with Crippen molar-refractivity contribution in [3.63, 3.8) is 0 Å². The molecule has 1 aromatic heterocycles. The summed E-state index contributed by atoms with van der Waals surface area (Å²) in [6.07, 6.45) is 0.615. The topological polar surface area (TPSA) is 29.5 Å². The molecule has 0 aliphatic heterocycles. The summed E-state index contributed by atoms with van der Waals surface area (Å²) in [7, 11) is 0. The Morgan fingerprint density at radius 1 is 1.22 bits per heavy atom. The van der Waals surface area contributed by atoms with E-state index < -0.39 is 6.10 Å². The third-order valence-electron chi connectivity index (χ3n) is 2.79. The van der Waals surface area contributed by atoms with Crippen molar-refractivity contribution in [2.24, 2.45) is 0 Å². The maximum Gasteiger partial charge on any atom is 0.122 e. The van der Waals surface area contributed by atoms with Crippen molar-refractivity contribution in [2.45, 2.75) is 33.0 Å². The van der Waals surface area contributed by atoms with Gasteiger partial charge in [0.25, 0.3) is 0 Å². The summed E-state index contributed by atoms with van der Waals surface area (Å²) in [5, 5.41) is 9.52. The SMILES string of the molecule is CCc1ccc(COc2cccc([C@@H](C)O)c2)s1. The van der Waals surface area contributed by atoms with Crippen LogP contribution in [-0.2, 0) is 13.0 Å². The fraction of sp³-hybridized carbons (Fsp3) is 0.333. The molecule has 1 heterocycles. The first-order valence-corrected chi connectivity index (χ1v) is 6.99. The molecule has 2 aromatic rings. The molecule has 0 saturated heterocycles. The normalized spacial score (nSPS) is 12.4. The summed E-state index contributed by atoms with van der Waals surface area (Å²) in [4.78, 5) is 2.61. The van der Waals surface area contributed by atoms with Gasteiger partial charge in [0.2, 0.25) is 0 Å². The zero-order chi connectivity index (χ0) is 13.0. The van der Waals surface area contributed by atoms with Crippen molar-refractivity contribution in [1.29, 1.82) is 0 Å². The monoisotopic (exact) mass is 262 g/mol. The van der Waals surface area contributed by atoms with E-state index in [1.165, 1.54) is 9.75 Å². The third kappa shape index (κ3) is 3.34. The van der Waals surface area contributed by atoms with E-state index in [2.05, 4.69) is 19.1 Å². The first-order valence-electron chi connectivity index (χ1n) is 6.17. The van der Waals surface area contributed by atoms with E-state index in [-0.39, 0.29) is 0 Å². The fourth-order valence-electron chi connectivity index (χ4n) is 1.71. The maximum absolute atomic E-state index is 9.52. The first-order chi connectivity index (χ1) is 8.69. The quantitative estimate of drug-likeness (QED) is 0.884. The molecular weight excluding hydrogens is 244 g/mol. The molecule has 1 atom stereocenters. The van der Waals surface area contributed by atoms with Gasteiger partial charge in [-0.05, 0) is 43.2 Å². The van der Waals surface area contributed by atoms with Gasteiger partial charge < -0.3 is 9.84 Å². The average molecular weight is 262 g/mol. The van der Waals surface area contributed by atoms with Crippen LogP contribution < -0.4 is 4.74 Å². The highest BCUT2D eigenvalue weighted by Gasteiger charge is 2.03. The minimum absolute atomic E-state index is 0.456. The average Bonchev–Trinajstić information content (AvgIpc) is 2.84. The van der Waals surface area contributed by atoms with E-state index >= 15 is 0 Å². The van der Waals surface area contributed by atoms with Crippen LogP contribution in [0.5, 0.6) is 5.75 Å². The number of hydrogen-bond acceptors (Lipinski definition) is 3. The van der Waals surface area contributed by atoms with Gasteiger partial charge in [0, 0.05) is 9.75 Å². The van der Waals surface area contributed by atoms with Gasteiger partial charge in [-0.2, -0.15) is 0 Å². The van der Waals surface area contributed by atoms with Crippen LogP contribution in [0.4, 0.5) is 0 Å². The predicted octanol–water partition coefficient (Wildman–Crippen LogP) is 3.94. The summed E-state index contributed by atoms with van der Waals surface area (Å²) in [6.45, 7) is 4.50. The number of aryl methyl sites for hydroxylation is 1. The lowest BCUT2D eigenvalue weighted by atomic mass is 10.1. The van der Waals surface area contributed by atoms with E-state index in [0.717, 1.165) is 17.7 Å². The van der Waals surface area contributed by atoms with Crippen LogP contribution in [0.3, 0.4) is 0 Å². The van der Waals surface area contributed by atoms with Crippen LogP contribution in [0.2, 0.25) is 0 Å². The highest BCUT2D eigenvalue weighted by molar-refractivity contribution is 7.11. The lowest BCUT2D eigenvalue weighted by Crippen LogP contribution is -1.95. The number of aliphatic hydroxyl groups is 1. The fourth-order valence-corrected chi connectivity index (χ4v) is 2.58. The molecular formula is C15H18O2S. The molecule has 0 spiro atoms. The second-order valence-corrected chi connectivity index (χ2v) is 5.51. The molecule has 96 valence electrons. The number of benzene rings is 1. The zero-order valence-corrected chi connectivity index (χ0v) is 11.5. The number of thiophene rings is 1. The molecule has 0 bridgehead atoms. The molecule has 0 fully saturated rings. The maximum atomic E-state index is 9.52. The Balaban J connectivity index is 1.99. The molecule has 2 rings (SSSR count).